The van der Waals surface area contributed by atoms with Gasteiger partial charge in [0.15, 0.2) is 0 Å². The number of anilines is 1. The van der Waals surface area contributed by atoms with Gasteiger partial charge in [-0.3, -0.25) is 4.79 Å². The fourth-order valence-electron chi connectivity index (χ4n) is 1.16. The Kier molecular flexibility index (Phi) is 4.00. The molecule has 88 valence electrons. The van der Waals surface area contributed by atoms with E-state index in [1.54, 1.807) is 0 Å². The number of nitrogens with zero attached hydrogens (tertiary/aromatic N) is 1. The summed E-state index contributed by atoms with van der Waals surface area (Å²) < 4.78 is 29.7. The Morgan fingerprint density at radius 1 is 1.69 bits per heavy atom. The first-order valence-corrected chi connectivity index (χ1v) is 4.63. The number of pyridine rings is 1. The smallest absolute Gasteiger partial charge is 0.310 e. The van der Waals surface area contributed by atoms with Crippen molar-refractivity contribution in [2.45, 2.75) is 12.8 Å². The standard InChI is InChI=1S/C9H9ClF2N2O2/c1-16-7(15)3-4-5(9(11)12)2-6(13)14-8(4)10/h2,9H,3H2,1H3,(H2,13,14). The summed E-state index contributed by atoms with van der Waals surface area (Å²) in [5.41, 5.74) is 4.83. The van der Waals surface area contributed by atoms with Gasteiger partial charge in [0, 0.05) is 11.1 Å². The topological polar surface area (TPSA) is 65.2 Å². The summed E-state index contributed by atoms with van der Waals surface area (Å²) in [6.45, 7) is 0. The molecular weight excluding hydrogens is 242 g/mol. The van der Waals surface area contributed by atoms with Crippen LogP contribution < -0.4 is 5.73 Å². The van der Waals surface area contributed by atoms with Gasteiger partial charge in [-0.15, -0.1) is 0 Å². The van der Waals surface area contributed by atoms with Crippen LogP contribution in [0.15, 0.2) is 6.07 Å². The lowest BCUT2D eigenvalue weighted by Crippen LogP contribution is -2.09. The minimum Gasteiger partial charge on any atom is -0.469 e. The maximum Gasteiger partial charge on any atom is 0.310 e. The minimum atomic E-state index is -2.78. The van der Waals surface area contributed by atoms with Crippen LogP contribution >= 0.6 is 11.6 Å². The van der Waals surface area contributed by atoms with Gasteiger partial charge in [0.25, 0.3) is 6.43 Å². The molecule has 0 aliphatic carbocycles. The Hall–Kier alpha value is -1.43. The monoisotopic (exact) mass is 250 g/mol. The summed E-state index contributed by atoms with van der Waals surface area (Å²) in [6, 6.07) is 0.995. The number of nitrogens with two attached hydrogens (primary N) is 1. The molecule has 0 aliphatic heterocycles. The van der Waals surface area contributed by atoms with Crippen molar-refractivity contribution in [2.75, 3.05) is 12.8 Å². The highest BCUT2D eigenvalue weighted by atomic mass is 35.5. The number of carbonyl (C=O) groups excluding carboxylic acids is 1. The zero-order valence-corrected chi connectivity index (χ0v) is 9.09. The number of hydrogen-bond acceptors (Lipinski definition) is 4. The summed E-state index contributed by atoms with van der Waals surface area (Å²) in [5, 5.41) is -0.208. The molecule has 16 heavy (non-hydrogen) atoms. The maximum absolute atomic E-state index is 12.6. The molecule has 0 amide bonds. The predicted molar refractivity (Wildman–Crippen MR) is 54.3 cm³/mol. The number of esters is 1. The number of carbonyl (C=O) groups is 1. The third-order valence-corrected chi connectivity index (χ3v) is 2.22. The number of alkyl halides is 2. The molecule has 0 radical (unpaired) electrons. The van der Waals surface area contributed by atoms with Gasteiger partial charge in [-0.25, -0.2) is 13.8 Å². The highest BCUT2D eigenvalue weighted by Gasteiger charge is 2.20. The van der Waals surface area contributed by atoms with Gasteiger partial charge < -0.3 is 10.5 Å². The van der Waals surface area contributed by atoms with Gasteiger partial charge in [-0.1, -0.05) is 11.6 Å². The normalized spacial score (nSPS) is 10.6. The van der Waals surface area contributed by atoms with Crippen LogP contribution in [0.25, 0.3) is 0 Å². The van der Waals surface area contributed by atoms with Crippen molar-refractivity contribution in [2.24, 2.45) is 0 Å². The van der Waals surface area contributed by atoms with Crippen LogP contribution in [0.5, 0.6) is 0 Å². The molecule has 0 atom stereocenters. The predicted octanol–water partition coefficient (Wildman–Crippen LogP) is 1.97. The van der Waals surface area contributed by atoms with Gasteiger partial charge in [0.1, 0.15) is 11.0 Å². The van der Waals surface area contributed by atoms with Crippen LogP contribution in [0.4, 0.5) is 14.6 Å². The van der Waals surface area contributed by atoms with E-state index in [-0.39, 0.29) is 23.0 Å². The van der Waals surface area contributed by atoms with E-state index in [1.807, 2.05) is 0 Å². The molecule has 0 aliphatic rings. The van der Waals surface area contributed by atoms with Crippen molar-refractivity contribution in [3.8, 4) is 0 Å². The fourth-order valence-corrected chi connectivity index (χ4v) is 1.44. The summed E-state index contributed by atoms with van der Waals surface area (Å²) in [4.78, 5) is 14.6. The lowest BCUT2D eigenvalue weighted by Gasteiger charge is -2.10. The van der Waals surface area contributed by atoms with Crippen LogP contribution in [0.3, 0.4) is 0 Å². The number of aromatic nitrogens is 1. The van der Waals surface area contributed by atoms with Crippen LogP contribution in [-0.4, -0.2) is 18.1 Å². The molecule has 0 saturated heterocycles. The van der Waals surface area contributed by atoms with E-state index in [1.165, 1.54) is 0 Å². The first-order valence-electron chi connectivity index (χ1n) is 4.25. The Labute approximate surface area is 95.4 Å². The average Bonchev–Trinajstić information content (AvgIpc) is 2.20. The number of nitrogen functional groups attached to an aromatic ring is 1. The number of halogens is 3. The largest absolute Gasteiger partial charge is 0.469 e. The molecule has 0 aromatic carbocycles. The lowest BCUT2D eigenvalue weighted by atomic mass is 10.1. The van der Waals surface area contributed by atoms with E-state index >= 15 is 0 Å². The molecule has 1 aromatic rings. The molecule has 0 spiro atoms. The third-order valence-electron chi connectivity index (χ3n) is 1.91. The van der Waals surface area contributed by atoms with Crippen LogP contribution in [0.1, 0.15) is 17.6 Å². The quantitative estimate of drug-likeness (QED) is 0.658. The van der Waals surface area contributed by atoms with Gasteiger partial charge >= 0.3 is 5.97 Å². The maximum atomic E-state index is 12.6. The molecule has 0 fully saturated rings. The molecule has 2 N–H and O–H groups in total. The van der Waals surface area contributed by atoms with Gasteiger partial charge in [-0.2, -0.15) is 0 Å². The van der Waals surface area contributed by atoms with E-state index in [9.17, 15) is 13.6 Å². The van der Waals surface area contributed by atoms with Crippen molar-refractivity contribution >= 4 is 23.4 Å². The molecule has 0 bridgehead atoms. The van der Waals surface area contributed by atoms with E-state index in [0.29, 0.717) is 0 Å². The number of hydrogen-bond donors (Lipinski definition) is 1. The number of methoxy groups -OCH3 is 1. The van der Waals surface area contributed by atoms with E-state index in [2.05, 4.69) is 9.72 Å². The second-order valence-corrected chi connectivity index (χ2v) is 3.32. The third kappa shape index (κ3) is 2.79. The second-order valence-electron chi connectivity index (χ2n) is 2.96. The molecular formula is C9H9ClF2N2O2. The highest BCUT2D eigenvalue weighted by molar-refractivity contribution is 6.30. The zero-order valence-electron chi connectivity index (χ0n) is 8.34. The van der Waals surface area contributed by atoms with Gasteiger partial charge in [0.05, 0.1) is 13.5 Å². The summed E-state index contributed by atoms with van der Waals surface area (Å²) in [7, 11) is 1.16. The van der Waals surface area contributed by atoms with Gasteiger partial charge in [-0.05, 0) is 6.07 Å². The molecule has 4 nitrogen and oxygen atoms in total. The summed E-state index contributed by atoms with van der Waals surface area (Å²) >= 11 is 5.65. The van der Waals surface area contributed by atoms with Crippen LogP contribution in [-0.2, 0) is 16.0 Å². The van der Waals surface area contributed by atoms with Crippen molar-refractivity contribution < 1.29 is 18.3 Å². The van der Waals surface area contributed by atoms with Crippen LogP contribution in [0.2, 0.25) is 5.15 Å². The minimum absolute atomic E-state index is 0.0577. The number of ether oxygens (including phenoxy) is 1. The molecule has 7 heteroatoms. The zero-order chi connectivity index (χ0) is 12.3. The molecule has 1 aromatic heterocycles. The first-order chi connectivity index (χ1) is 7.45. The Balaban J connectivity index is 3.19. The second kappa shape index (κ2) is 5.07. The van der Waals surface area contributed by atoms with Crippen molar-refractivity contribution in [1.29, 1.82) is 0 Å². The Bertz CT molecular complexity index is 413. The van der Waals surface area contributed by atoms with Crippen molar-refractivity contribution in [3.05, 3.63) is 22.3 Å². The molecule has 0 unspecified atom stereocenters. The Morgan fingerprint density at radius 3 is 2.81 bits per heavy atom. The first kappa shape index (κ1) is 12.6. The average molecular weight is 251 g/mol. The lowest BCUT2D eigenvalue weighted by molar-refractivity contribution is -0.139. The SMILES string of the molecule is COC(=O)Cc1c(C(F)F)cc(N)nc1Cl. The summed E-state index contributed by atoms with van der Waals surface area (Å²) in [6.07, 6.45) is -3.13. The van der Waals surface area contributed by atoms with Crippen LogP contribution in [0, 0.1) is 0 Å². The van der Waals surface area contributed by atoms with E-state index < -0.39 is 18.0 Å². The Morgan fingerprint density at radius 2 is 2.31 bits per heavy atom. The molecule has 1 rings (SSSR count). The summed E-state index contributed by atoms with van der Waals surface area (Å²) in [5.74, 6) is -0.788. The molecule has 1 heterocycles. The van der Waals surface area contributed by atoms with Crippen molar-refractivity contribution in [1.82, 2.24) is 4.98 Å². The van der Waals surface area contributed by atoms with Gasteiger partial charge in [0.2, 0.25) is 0 Å². The fraction of sp³-hybridized carbons (Fsp3) is 0.333. The van der Waals surface area contributed by atoms with E-state index in [4.69, 9.17) is 17.3 Å². The van der Waals surface area contributed by atoms with Crippen molar-refractivity contribution in [3.63, 3.8) is 0 Å². The molecule has 0 saturated carbocycles. The highest BCUT2D eigenvalue weighted by Crippen LogP contribution is 2.29. The van der Waals surface area contributed by atoms with E-state index in [0.717, 1.165) is 13.2 Å². The number of rotatable bonds is 3.